The van der Waals surface area contributed by atoms with Crippen molar-refractivity contribution in [2.24, 2.45) is 0 Å². The van der Waals surface area contributed by atoms with E-state index in [1.54, 1.807) is 7.11 Å². The van der Waals surface area contributed by atoms with E-state index in [1.165, 1.54) is 0 Å². The van der Waals surface area contributed by atoms with Gasteiger partial charge >= 0.3 is 0 Å². The summed E-state index contributed by atoms with van der Waals surface area (Å²) in [4.78, 5) is 0. The quantitative estimate of drug-likeness (QED) is 0.730. The van der Waals surface area contributed by atoms with Crippen molar-refractivity contribution in [3.8, 4) is 5.75 Å². The lowest BCUT2D eigenvalue weighted by atomic mass is 10.0. The third-order valence-corrected chi connectivity index (χ3v) is 2.36. The topological polar surface area (TPSA) is 9.23 Å². The molecule has 0 saturated heterocycles. The fourth-order valence-electron chi connectivity index (χ4n) is 1.06. The average Bonchev–Trinajstić information content (AvgIpc) is 2.03. The molecule has 71 valence electrons. The van der Waals surface area contributed by atoms with Gasteiger partial charge in [0.2, 0.25) is 0 Å². The van der Waals surface area contributed by atoms with Crippen LogP contribution in [0, 0.1) is 6.92 Å². The van der Waals surface area contributed by atoms with Crippen LogP contribution in [0.4, 0.5) is 0 Å². The molecule has 0 aliphatic carbocycles. The Morgan fingerprint density at radius 1 is 1.31 bits per heavy atom. The van der Waals surface area contributed by atoms with Gasteiger partial charge in [-0.15, -0.1) is 0 Å². The zero-order valence-corrected chi connectivity index (χ0v) is 9.12. The van der Waals surface area contributed by atoms with Gasteiger partial charge in [-0.1, -0.05) is 30.1 Å². The van der Waals surface area contributed by atoms with Crippen LogP contribution in [0.1, 0.15) is 18.4 Å². The maximum absolute atomic E-state index is 5.94. The maximum Gasteiger partial charge on any atom is 0.156 e. The molecule has 1 aromatic carbocycles. The highest BCUT2D eigenvalue weighted by Gasteiger charge is 2.09. The number of benzene rings is 1. The van der Waals surface area contributed by atoms with Crippen molar-refractivity contribution in [3.05, 3.63) is 34.7 Å². The minimum absolute atomic E-state index is 0.168. The van der Waals surface area contributed by atoms with Crippen LogP contribution in [-0.2, 0) is 0 Å². The van der Waals surface area contributed by atoms with Crippen LogP contribution in [0.15, 0.2) is 12.1 Å². The Hall–Kier alpha value is -0.400. The smallest absolute Gasteiger partial charge is 0.156 e. The monoisotopic (exact) mass is 217 g/mol. The van der Waals surface area contributed by atoms with Gasteiger partial charge in [-0.2, -0.15) is 0 Å². The summed E-state index contributed by atoms with van der Waals surface area (Å²) in [5.74, 6) is 0.689. The van der Waals surface area contributed by atoms with Gasteiger partial charge in [0.15, 0.2) is 5.75 Å². The Morgan fingerprint density at radius 2 is 1.77 bits per heavy atom. The summed E-state index contributed by atoms with van der Waals surface area (Å²) in [7, 11) is 1.54. The van der Waals surface area contributed by atoms with Crippen molar-refractivity contribution < 1.29 is 4.74 Å². The predicted octanol–water partition coefficient (Wildman–Crippen LogP) is 3.94. The molecule has 0 fully saturated rings. The lowest BCUT2D eigenvalue weighted by Gasteiger charge is -2.10. The number of hydrogen-bond donors (Lipinski definition) is 0. The Morgan fingerprint density at radius 3 is 2.08 bits per heavy atom. The van der Waals surface area contributed by atoms with Crippen molar-refractivity contribution in [2.75, 3.05) is 7.11 Å². The fraction of sp³-hybridized carbons (Fsp3) is 0.300. The SMILES string of the molecule is [CH2]C(C)c1cc(Cl)c(OC)c(Cl)c1. The molecular weight excluding hydrogens is 207 g/mol. The molecule has 0 heterocycles. The van der Waals surface area contributed by atoms with Crippen LogP contribution in [0.3, 0.4) is 0 Å². The van der Waals surface area contributed by atoms with Gasteiger partial charge < -0.3 is 4.74 Å². The Bertz CT molecular complexity index is 285. The lowest BCUT2D eigenvalue weighted by molar-refractivity contribution is 0.415. The van der Waals surface area contributed by atoms with Crippen molar-refractivity contribution in [1.82, 2.24) is 0 Å². The Kier molecular flexibility index (Phi) is 3.46. The van der Waals surface area contributed by atoms with Gasteiger partial charge in [0, 0.05) is 0 Å². The van der Waals surface area contributed by atoms with E-state index >= 15 is 0 Å². The van der Waals surface area contributed by atoms with Crippen molar-refractivity contribution in [3.63, 3.8) is 0 Å². The van der Waals surface area contributed by atoms with Crippen molar-refractivity contribution >= 4 is 23.2 Å². The standard InChI is InChI=1S/C10H11Cl2O/c1-6(2)7-4-8(11)10(13-3)9(12)5-7/h4-6H,1H2,2-3H3. The van der Waals surface area contributed by atoms with Gasteiger partial charge in [0.1, 0.15) is 0 Å². The highest BCUT2D eigenvalue weighted by atomic mass is 35.5. The summed E-state index contributed by atoms with van der Waals surface area (Å²) in [5.41, 5.74) is 1.01. The molecular formula is C10H11Cl2O. The van der Waals surface area contributed by atoms with Gasteiger partial charge in [0.05, 0.1) is 17.2 Å². The van der Waals surface area contributed by atoms with Crippen molar-refractivity contribution in [1.29, 1.82) is 0 Å². The number of hydrogen-bond acceptors (Lipinski definition) is 1. The molecule has 0 amide bonds. The molecule has 1 unspecified atom stereocenters. The molecule has 0 aliphatic heterocycles. The zero-order valence-electron chi connectivity index (χ0n) is 7.60. The summed E-state index contributed by atoms with van der Waals surface area (Å²) in [6, 6.07) is 3.65. The third-order valence-electron chi connectivity index (χ3n) is 1.79. The number of ether oxygens (including phenoxy) is 1. The summed E-state index contributed by atoms with van der Waals surface area (Å²) < 4.78 is 5.03. The number of methoxy groups -OCH3 is 1. The summed E-state index contributed by atoms with van der Waals surface area (Å²) in [6.45, 7) is 5.87. The van der Waals surface area contributed by atoms with Crippen LogP contribution in [0.2, 0.25) is 10.0 Å². The maximum atomic E-state index is 5.94. The molecule has 3 heteroatoms. The summed E-state index contributed by atoms with van der Waals surface area (Å²) >= 11 is 11.9. The number of rotatable bonds is 2. The molecule has 13 heavy (non-hydrogen) atoms. The third kappa shape index (κ3) is 2.29. The molecule has 0 spiro atoms. The highest BCUT2D eigenvalue weighted by Crippen LogP contribution is 2.35. The molecule has 1 radical (unpaired) electrons. The van der Waals surface area contributed by atoms with E-state index in [0.717, 1.165) is 5.56 Å². The van der Waals surface area contributed by atoms with E-state index in [0.29, 0.717) is 15.8 Å². The van der Waals surface area contributed by atoms with E-state index in [1.807, 2.05) is 19.1 Å². The minimum atomic E-state index is 0.168. The molecule has 0 aromatic heterocycles. The molecule has 1 rings (SSSR count). The van der Waals surface area contributed by atoms with E-state index < -0.39 is 0 Å². The predicted molar refractivity (Wildman–Crippen MR) is 56.8 cm³/mol. The lowest BCUT2D eigenvalue weighted by Crippen LogP contribution is -1.91. The van der Waals surface area contributed by atoms with E-state index in [-0.39, 0.29) is 5.92 Å². The van der Waals surface area contributed by atoms with Gasteiger partial charge in [-0.05, 0) is 30.5 Å². The molecule has 0 saturated carbocycles. The molecule has 0 aliphatic rings. The molecule has 1 aromatic rings. The summed E-state index contributed by atoms with van der Waals surface area (Å²) in [6.07, 6.45) is 0. The van der Waals surface area contributed by atoms with Gasteiger partial charge in [0.25, 0.3) is 0 Å². The van der Waals surface area contributed by atoms with Crippen LogP contribution in [-0.4, -0.2) is 7.11 Å². The molecule has 0 bridgehead atoms. The first kappa shape index (κ1) is 10.7. The first-order chi connectivity index (χ1) is 6.06. The minimum Gasteiger partial charge on any atom is -0.494 e. The first-order valence-electron chi connectivity index (χ1n) is 3.92. The van der Waals surface area contributed by atoms with Gasteiger partial charge in [-0.25, -0.2) is 0 Å². The second-order valence-electron chi connectivity index (χ2n) is 2.92. The largest absolute Gasteiger partial charge is 0.494 e. The molecule has 1 atom stereocenters. The highest BCUT2D eigenvalue weighted by molar-refractivity contribution is 6.37. The van der Waals surface area contributed by atoms with E-state index in [9.17, 15) is 0 Å². The normalized spacial score (nSPS) is 10.6. The molecule has 1 nitrogen and oxygen atoms in total. The number of halogens is 2. The van der Waals surface area contributed by atoms with E-state index in [2.05, 4.69) is 6.92 Å². The van der Waals surface area contributed by atoms with Crippen molar-refractivity contribution in [2.45, 2.75) is 12.8 Å². The molecule has 0 N–H and O–H groups in total. The van der Waals surface area contributed by atoms with Crippen LogP contribution < -0.4 is 4.74 Å². The van der Waals surface area contributed by atoms with Crippen LogP contribution in [0.25, 0.3) is 0 Å². The summed E-state index contributed by atoms with van der Waals surface area (Å²) in [5, 5.41) is 1.06. The Balaban J connectivity index is 3.20. The second-order valence-corrected chi connectivity index (χ2v) is 3.73. The Labute approximate surface area is 88.6 Å². The van der Waals surface area contributed by atoms with Crippen LogP contribution in [0.5, 0.6) is 5.75 Å². The zero-order chi connectivity index (χ0) is 10.0. The van der Waals surface area contributed by atoms with Crippen LogP contribution >= 0.6 is 23.2 Å². The first-order valence-corrected chi connectivity index (χ1v) is 4.68. The van der Waals surface area contributed by atoms with E-state index in [4.69, 9.17) is 27.9 Å². The fourth-order valence-corrected chi connectivity index (χ4v) is 1.72. The van der Waals surface area contributed by atoms with Gasteiger partial charge in [-0.3, -0.25) is 0 Å². The second kappa shape index (κ2) is 4.21. The average molecular weight is 218 g/mol.